The number of benzene rings is 8. The van der Waals surface area contributed by atoms with Crippen LogP contribution in [-0.4, -0.2) is 15.0 Å². The van der Waals surface area contributed by atoms with Crippen molar-refractivity contribution >= 4 is 43.5 Å². The molecule has 8 aromatic carbocycles. The lowest BCUT2D eigenvalue weighted by Crippen LogP contribution is -2.00. The van der Waals surface area contributed by atoms with E-state index >= 15 is 0 Å². The van der Waals surface area contributed by atoms with E-state index in [0.29, 0.717) is 17.5 Å². The maximum atomic E-state index is 6.45. The zero-order valence-corrected chi connectivity index (χ0v) is 27.5. The highest BCUT2D eigenvalue weighted by molar-refractivity contribution is 6.22. The van der Waals surface area contributed by atoms with Gasteiger partial charge in [0.15, 0.2) is 17.5 Å². The second-order valence-electron chi connectivity index (χ2n) is 12.8. The molecule has 0 spiro atoms. The van der Waals surface area contributed by atoms with E-state index in [-0.39, 0.29) is 0 Å². The molecule has 238 valence electrons. The van der Waals surface area contributed by atoms with Gasteiger partial charge in [-0.2, -0.15) is 0 Å². The van der Waals surface area contributed by atoms with Crippen molar-refractivity contribution in [3.63, 3.8) is 0 Å². The Kier molecular flexibility index (Phi) is 6.78. The number of nitrogens with zero attached hydrogens (tertiary/aromatic N) is 3. The molecule has 0 N–H and O–H groups in total. The minimum Gasteiger partial charge on any atom is -0.456 e. The van der Waals surface area contributed by atoms with Gasteiger partial charge >= 0.3 is 0 Å². The molecule has 0 aliphatic heterocycles. The molecule has 0 unspecified atom stereocenters. The minimum absolute atomic E-state index is 0.610. The number of hydrogen-bond acceptors (Lipinski definition) is 4. The van der Waals surface area contributed by atoms with E-state index in [2.05, 4.69) is 127 Å². The molecule has 4 nitrogen and oxygen atoms in total. The normalized spacial score (nSPS) is 11.5. The van der Waals surface area contributed by atoms with Crippen molar-refractivity contribution < 1.29 is 4.42 Å². The van der Waals surface area contributed by atoms with E-state index in [1.807, 2.05) is 48.5 Å². The highest BCUT2D eigenvalue weighted by Crippen LogP contribution is 2.41. The lowest BCUT2D eigenvalue weighted by molar-refractivity contribution is 0.669. The lowest BCUT2D eigenvalue weighted by Gasteiger charge is -2.11. The molecule has 0 saturated heterocycles. The van der Waals surface area contributed by atoms with Crippen LogP contribution in [0.2, 0.25) is 0 Å². The summed E-state index contributed by atoms with van der Waals surface area (Å²) in [5, 5.41) is 6.90. The molecule has 10 aromatic rings. The summed E-state index contributed by atoms with van der Waals surface area (Å²) in [5.41, 5.74) is 9.17. The molecule has 0 aliphatic carbocycles. The molecule has 0 fully saturated rings. The Morgan fingerprint density at radius 1 is 0.314 bits per heavy atom. The van der Waals surface area contributed by atoms with Crippen LogP contribution in [0.5, 0.6) is 0 Å². The van der Waals surface area contributed by atoms with Crippen LogP contribution >= 0.6 is 0 Å². The van der Waals surface area contributed by atoms with Crippen LogP contribution in [0, 0.1) is 0 Å². The smallest absolute Gasteiger partial charge is 0.164 e. The summed E-state index contributed by atoms with van der Waals surface area (Å²) in [6, 6.07) is 61.1. The largest absolute Gasteiger partial charge is 0.456 e. The van der Waals surface area contributed by atoms with Crippen LogP contribution in [0.25, 0.3) is 99.9 Å². The van der Waals surface area contributed by atoms with Gasteiger partial charge < -0.3 is 4.42 Å². The molecule has 0 atom stereocenters. The zero-order valence-electron chi connectivity index (χ0n) is 27.5. The Hall–Kier alpha value is -6.91. The van der Waals surface area contributed by atoms with Gasteiger partial charge in [0, 0.05) is 27.5 Å². The Balaban J connectivity index is 1.14. The molecule has 2 heterocycles. The number of hydrogen-bond donors (Lipinski definition) is 0. The second kappa shape index (κ2) is 11.9. The predicted octanol–water partition coefficient (Wildman–Crippen LogP) is 12.4. The van der Waals surface area contributed by atoms with Gasteiger partial charge in [-0.1, -0.05) is 152 Å². The molecule has 0 bridgehead atoms. The molecule has 0 amide bonds. The third-order valence-electron chi connectivity index (χ3n) is 9.75. The molecular weight excluding hydrogens is 623 g/mol. The summed E-state index contributed by atoms with van der Waals surface area (Å²) < 4.78 is 6.45. The van der Waals surface area contributed by atoms with E-state index in [1.54, 1.807) is 0 Å². The summed E-state index contributed by atoms with van der Waals surface area (Å²) in [6.45, 7) is 0. The fraction of sp³-hybridized carbons (Fsp3) is 0. The first-order valence-corrected chi connectivity index (χ1v) is 17.1. The SMILES string of the molecule is c1ccc(-c2ccc(-c3nc(-c4ccccc4)nc(-c4ccc5oc6ccc7c(-c8cccc9ccccc89)cccc7c6c5c4)n3)cc2)cc1. The van der Waals surface area contributed by atoms with Crippen molar-refractivity contribution in [1.29, 1.82) is 0 Å². The van der Waals surface area contributed by atoms with Gasteiger partial charge in [0.25, 0.3) is 0 Å². The fourth-order valence-corrected chi connectivity index (χ4v) is 7.26. The van der Waals surface area contributed by atoms with Crippen molar-refractivity contribution in [2.24, 2.45) is 0 Å². The van der Waals surface area contributed by atoms with Gasteiger partial charge in [0.2, 0.25) is 0 Å². The minimum atomic E-state index is 0.610. The monoisotopic (exact) mass is 651 g/mol. The maximum absolute atomic E-state index is 6.45. The topological polar surface area (TPSA) is 51.8 Å². The summed E-state index contributed by atoms with van der Waals surface area (Å²) in [5.74, 6) is 1.87. The van der Waals surface area contributed by atoms with E-state index in [4.69, 9.17) is 19.4 Å². The van der Waals surface area contributed by atoms with Crippen molar-refractivity contribution in [2.75, 3.05) is 0 Å². The molecule has 0 aliphatic rings. The summed E-state index contributed by atoms with van der Waals surface area (Å²) in [7, 11) is 0. The molecule has 4 heteroatoms. The van der Waals surface area contributed by atoms with Gasteiger partial charge in [-0.15, -0.1) is 0 Å². The van der Waals surface area contributed by atoms with Gasteiger partial charge in [-0.25, -0.2) is 15.0 Å². The number of fused-ring (bicyclic) bond motifs is 6. The first-order chi connectivity index (χ1) is 25.3. The van der Waals surface area contributed by atoms with Gasteiger partial charge in [0.1, 0.15) is 11.2 Å². The molecular formula is C47H29N3O. The number of furan rings is 1. The number of rotatable bonds is 5. The first kappa shape index (κ1) is 29.0. The standard InChI is InChI=1S/C47H29N3O/c1-3-11-30(12-4-1)31-21-23-34(24-22-31)46-48-45(33-14-5-2-6-15-33)49-47(50-46)35-25-27-42-41(29-35)44-40-20-10-19-38(39(40)26-28-43(44)51-42)37-18-9-16-32-13-7-8-17-36(32)37/h1-29H. The predicted molar refractivity (Wildman–Crippen MR) is 209 cm³/mol. The van der Waals surface area contributed by atoms with E-state index in [0.717, 1.165) is 49.6 Å². The second-order valence-corrected chi connectivity index (χ2v) is 12.8. The average molecular weight is 652 g/mol. The van der Waals surface area contributed by atoms with Crippen LogP contribution in [0.1, 0.15) is 0 Å². The molecule has 0 saturated carbocycles. The van der Waals surface area contributed by atoms with Crippen molar-refractivity contribution in [2.45, 2.75) is 0 Å². The van der Waals surface area contributed by atoms with E-state index < -0.39 is 0 Å². The van der Waals surface area contributed by atoms with Crippen LogP contribution < -0.4 is 0 Å². The molecule has 10 rings (SSSR count). The zero-order chi connectivity index (χ0) is 33.7. The third-order valence-corrected chi connectivity index (χ3v) is 9.75. The average Bonchev–Trinajstić information content (AvgIpc) is 3.60. The first-order valence-electron chi connectivity index (χ1n) is 17.1. The van der Waals surface area contributed by atoms with Crippen molar-refractivity contribution in [3.8, 4) is 56.4 Å². The van der Waals surface area contributed by atoms with E-state index in [1.165, 1.54) is 32.8 Å². The molecule has 2 aromatic heterocycles. The Bertz CT molecular complexity index is 2890. The summed E-state index contributed by atoms with van der Waals surface area (Å²) in [4.78, 5) is 15.1. The van der Waals surface area contributed by atoms with Gasteiger partial charge in [-0.3, -0.25) is 0 Å². The Labute approximate surface area is 294 Å². The highest BCUT2D eigenvalue weighted by Gasteiger charge is 2.17. The Morgan fingerprint density at radius 3 is 1.59 bits per heavy atom. The molecule has 0 radical (unpaired) electrons. The summed E-state index contributed by atoms with van der Waals surface area (Å²) in [6.07, 6.45) is 0. The summed E-state index contributed by atoms with van der Waals surface area (Å²) >= 11 is 0. The third kappa shape index (κ3) is 5.04. The van der Waals surface area contributed by atoms with E-state index in [9.17, 15) is 0 Å². The van der Waals surface area contributed by atoms with Crippen molar-refractivity contribution in [3.05, 3.63) is 176 Å². The lowest BCUT2D eigenvalue weighted by atomic mass is 9.92. The van der Waals surface area contributed by atoms with Crippen LogP contribution in [0.15, 0.2) is 180 Å². The quantitative estimate of drug-likeness (QED) is 0.186. The molecule has 51 heavy (non-hydrogen) atoms. The fourth-order valence-electron chi connectivity index (χ4n) is 7.26. The number of aromatic nitrogens is 3. The van der Waals surface area contributed by atoms with Crippen LogP contribution in [0.4, 0.5) is 0 Å². The maximum Gasteiger partial charge on any atom is 0.164 e. The van der Waals surface area contributed by atoms with Gasteiger partial charge in [-0.05, 0) is 68.1 Å². The van der Waals surface area contributed by atoms with Crippen LogP contribution in [-0.2, 0) is 0 Å². The van der Waals surface area contributed by atoms with Gasteiger partial charge in [0.05, 0.1) is 0 Å². The van der Waals surface area contributed by atoms with Crippen LogP contribution in [0.3, 0.4) is 0 Å². The Morgan fingerprint density at radius 2 is 0.824 bits per heavy atom. The van der Waals surface area contributed by atoms with Crippen molar-refractivity contribution in [1.82, 2.24) is 15.0 Å². The highest BCUT2D eigenvalue weighted by atomic mass is 16.3.